The van der Waals surface area contributed by atoms with Crippen LogP contribution >= 0.6 is 0 Å². The van der Waals surface area contributed by atoms with E-state index in [1.165, 1.54) is 0 Å². The van der Waals surface area contributed by atoms with Gasteiger partial charge in [0.2, 0.25) is 0 Å². The summed E-state index contributed by atoms with van der Waals surface area (Å²) >= 11 is 0. The molecule has 1 N–H and O–H groups in total. The number of amides is 3. The molecule has 28 heavy (non-hydrogen) atoms. The summed E-state index contributed by atoms with van der Waals surface area (Å²) < 4.78 is 42.7. The van der Waals surface area contributed by atoms with Crippen LogP contribution in [0.1, 0.15) is 27.5 Å². The van der Waals surface area contributed by atoms with Crippen LogP contribution in [0.5, 0.6) is 0 Å². The molecule has 1 atom stereocenters. The molecule has 2 aromatic carbocycles. The van der Waals surface area contributed by atoms with E-state index in [-0.39, 0.29) is 18.7 Å². The number of nitrogens with one attached hydrogen (secondary N) is 1. The molecule has 1 fully saturated rings. The first-order valence-electron chi connectivity index (χ1n) is 8.26. The van der Waals surface area contributed by atoms with Gasteiger partial charge in [-0.1, -0.05) is 30.3 Å². The summed E-state index contributed by atoms with van der Waals surface area (Å²) in [5.74, 6) is -1.17. The van der Waals surface area contributed by atoms with Gasteiger partial charge in [0.05, 0.1) is 18.2 Å². The average molecular weight is 392 g/mol. The number of cyclic esters (lactones) is 1. The van der Waals surface area contributed by atoms with Crippen molar-refractivity contribution in [1.82, 2.24) is 10.2 Å². The molecule has 1 heterocycles. The molecule has 0 bridgehead atoms. The van der Waals surface area contributed by atoms with Gasteiger partial charge in [-0.05, 0) is 29.8 Å². The molecular formula is C19H15F3N2O4. The molecule has 0 radical (unpaired) electrons. The Balaban J connectivity index is 1.80. The number of alkyl halides is 3. The van der Waals surface area contributed by atoms with Crippen molar-refractivity contribution >= 4 is 17.9 Å². The van der Waals surface area contributed by atoms with Crippen molar-refractivity contribution in [1.29, 1.82) is 0 Å². The van der Waals surface area contributed by atoms with E-state index in [1.807, 2.05) is 0 Å². The lowest BCUT2D eigenvalue weighted by atomic mass is 10.0. The average Bonchev–Trinajstić information content (AvgIpc) is 2.99. The molecule has 1 aliphatic rings. The van der Waals surface area contributed by atoms with Crippen LogP contribution in [0.25, 0.3) is 0 Å². The normalized spacial score (nSPS) is 15.3. The third-order valence-electron chi connectivity index (χ3n) is 4.19. The number of ether oxygens (including phenoxy) is 1. The number of hydrogen-bond acceptors (Lipinski definition) is 4. The van der Waals surface area contributed by atoms with Crippen molar-refractivity contribution in [2.75, 3.05) is 13.2 Å². The lowest BCUT2D eigenvalue weighted by Gasteiger charge is -2.23. The number of imide groups is 1. The van der Waals surface area contributed by atoms with Gasteiger partial charge in [0.1, 0.15) is 0 Å². The van der Waals surface area contributed by atoms with E-state index in [4.69, 9.17) is 0 Å². The molecule has 3 amide bonds. The second kappa shape index (κ2) is 7.71. The minimum Gasteiger partial charge on any atom is -0.439 e. The predicted octanol–water partition coefficient (Wildman–Crippen LogP) is 3.16. The zero-order chi connectivity index (χ0) is 20.3. The Morgan fingerprint density at radius 1 is 1.07 bits per heavy atom. The second-order valence-electron chi connectivity index (χ2n) is 6.07. The highest BCUT2D eigenvalue weighted by atomic mass is 19.4. The molecule has 146 valence electrons. The fourth-order valence-corrected chi connectivity index (χ4v) is 2.71. The highest BCUT2D eigenvalue weighted by Crippen LogP contribution is 2.29. The Kier molecular flexibility index (Phi) is 5.34. The van der Waals surface area contributed by atoms with E-state index in [9.17, 15) is 27.6 Å². The third kappa shape index (κ3) is 4.30. The minimum absolute atomic E-state index is 0.0178. The van der Waals surface area contributed by atoms with Gasteiger partial charge in [0, 0.05) is 5.56 Å². The summed E-state index contributed by atoms with van der Waals surface area (Å²) in [6.45, 7) is -0.527. The SMILES string of the molecule is O=C(NC(CN1C(=O)COC1=O)c1ccccc1)c1ccc(C(F)(F)F)cc1. The lowest BCUT2D eigenvalue weighted by molar-refractivity contribution is -0.137. The number of rotatable bonds is 5. The van der Waals surface area contributed by atoms with Crippen LogP contribution in [0, 0.1) is 0 Å². The zero-order valence-electron chi connectivity index (χ0n) is 14.4. The Morgan fingerprint density at radius 2 is 1.71 bits per heavy atom. The number of nitrogens with zero attached hydrogens (tertiary/aromatic N) is 1. The molecule has 0 aliphatic carbocycles. The summed E-state index contributed by atoms with van der Waals surface area (Å²) in [6.07, 6.45) is -5.31. The van der Waals surface area contributed by atoms with E-state index in [2.05, 4.69) is 10.1 Å². The maximum Gasteiger partial charge on any atom is 0.417 e. The number of halogens is 3. The fraction of sp³-hybridized carbons (Fsp3) is 0.211. The quantitative estimate of drug-likeness (QED) is 0.848. The van der Waals surface area contributed by atoms with Crippen LogP contribution in [0.15, 0.2) is 54.6 Å². The standard InChI is InChI=1S/C19H15F3N2O4/c20-19(21,22)14-8-6-13(7-9-14)17(26)23-15(12-4-2-1-3-5-12)10-24-16(25)11-28-18(24)27/h1-9,15H,10-11H2,(H,23,26). The number of carbonyl (C=O) groups excluding carboxylic acids is 3. The van der Waals surface area contributed by atoms with E-state index in [0.717, 1.165) is 29.2 Å². The van der Waals surface area contributed by atoms with Crippen molar-refractivity contribution < 1.29 is 32.3 Å². The molecule has 1 unspecified atom stereocenters. The molecule has 0 aromatic heterocycles. The summed E-state index contributed by atoms with van der Waals surface area (Å²) in [6, 6.07) is 11.6. The Bertz CT molecular complexity index is 866. The van der Waals surface area contributed by atoms with Gasteiger partial charge < -0.3 is 10.1 Å². The molecule has 3 rings (SSSR count). The highest BCUT2D eigenvalue weighted by Gasteiger charge is 2.34. The first kappa shape index (κ1) is 19.4. The molecule has 2 aromatic rings. The summed E-state index contributed by atoms with van der Waals surface area (Å²) in [5, 5.41) is 2.65. The third-order valence-corrected chi connectivity index (χ3v) is 4.19. The number of benzene rings is 2. The first-order chi connectivity index (χ1) is 13.3. The molecule has 0 spiro atoms. The van der Waals surface area contributed by atoms with Gasteiger partial charge in [-0.25, -0.2) is 9.69 Å². The summed E-state index contributed by atoms with van der Waals surface area (Å²) in [7, 11) is 0. The van der Waals surface area contributed by atoms with E-state index >= 15 is 0 Å². The Hall–Kier alpha value is -3.36. The van der Waals surface area contributed by atoms with Crippen molar-refractivity contribution in [3.05, 3.63) is 71.3 Å². The second-order valence-corrected chi connectivity index (χ2v) is 6.07. The monoisotopic (exact) mass is 392 g/mol. The lowest BCUT2D eigenvalue weighted by Crippen LogP contribution is -2.40. The Morgan fingerprint density at radius 3 is 2.25 bits per heavy atom. The Labute approximate surface area is 157 Å². The van der Waals surface area contributed by atoms with Gasteiger partial charge in [0.25, 0.3) is 11.8 Å². The van der Waals surface area contributed by atoms with E-state index < -0.39 is 35.7 Å². The van der Waals surface area contributed by atoms with Crippen LogP contribution in [0.4, 0.5) is 18.0 Å². The van der Waals surface area contributed by atoms with Crippen LogP contribution in [0.3, 0.4) is 0 Å². The zero-order valence-corrected chi connectivity index (χ0v) is 14.4. The molecule has 9 heteroatoms. The molecule has 1 aliphatic heterocycles. The van der Waals surface area contributed by atoms with Crippen LogP contribution in [0.2, 0.25) is 0 Å². The maximum absolute atomic E-state index is 12.7. The summed E-state index contributed by atoms with van der Waals surface area (Å²) in [5.41, 5.74) is -0.228. The van der Waals surface area contributed by atoms with Gasteiger partial charge in [-0.15, -0.1) is 0 Å². The number of hydrogen-bond donors (Lipinski definition) is 1. The fourth-order valence-electron chi connectivity index (χ4n) is 2.71. The topological polar surface area (TPSA) is 75.7 Å². The number of carbonyl (C=O) groups is 3. The van der Waals surface area contributed by atoms with Gasteiger partial charge >= 0.3 is 12.3 Å². The van der Waals surface area contributed by atoms with E-state index in [1.54, 1.807) is 30.3 Å². The maximum atomic E-state index is 12.7. The molecule has 6 nitrogen and oxygen atoms in total. The van der Waals surface area contributed by atoms with Crippen LogP contribution in [-0.2, 0) is 15.7 Å². The molecule has 0 saturated carbocycles. The van der Waals surface area contributed by atoms with E-state index in [0.29, 0.717) is 5.56 Å². The van der Waals surface area contributed by atoms with Crippen molar-refractivity contribution in [3.63, 3.8) is 0 Å². The highest BCUT2D eigenvalue weighted by molar-refractivity contribution is 5.98. The van der Waals surface area contributed by atoms with Gasteiger partial charge in [0.15, 0.2) is 6.61 Å². The first-order valence-corrected chi connectivity index (χ1v) is 8.26. The largest absolute Gasteiger partial charge is 0.439 e. The van der Waals surface area contributed by atoms with Crippen molar-refractivity contribution in [2.24, 2.45) is 0 Å². The van der Waals surface area contributed by atoms with Crippen molar-refractivity contribution in [2.45, 2.75) is 12.2 Å². The van der Waals surface area contributed by atoms with Crippen LogP contribution < -0.4 is 5.32 Å². The predicted molar refractivity (Wildman–Crippen MR) is 91.2 cm³/mol. The molecule has 1 saturated heterocycles. The van der Waals surface area contributed by atoms with Crippen LogP contribution in [-0.4, -0.2) is 36.0 Å². The van der Waals surface area contributed by atoms with Gasteiger partial charge in [-0.3, -0.25) is 9.59 Å². The molecular weight excluding hydrogens is 377 g/mol. The van der Waals surface area contributed by atoms with Gasteiger partial charge in [-0.2, -0.15) is 13.2 Å². The summed E-state index contributed by atoms with van der Waals surface area (Å²) in [4.78, 5) is 36.9. The minimum atomic E-state index is -4.50. The smallest absolute Gasteiger partial charge is 0.417 e. The van der Waals surface area contributed by atoms with Crippen molar-refractivity contribution in [3.8, 4) is 0 Å².